The highest BCUT2D eigenvalue weighted by Crippen LogP contribution is 2.40. The third kappa shape index (κ3) is 4.09. The number of carbonyl (C=O) groups excluding carboxylic acids is 3. The van der Waals surface area contributed by atoms with Gasteiger partial charge in [0.05, 0.1) is 0 Å². The van der Waals surface area contributed by atoms with Gasteiger partial charge < -0.3 is 25.7 Å². The maximum atomic E-state index is 12.7. The number of fused-ring (bicyclic) bond motifs is 1. The van der Waals surface area contributed by atoms with E-state index in [0.29, 0.717) is 5.57 Å². The van der Waals surface area contributed by atoms with Crippen LogP contribution in [0.5, 0.6) is 0 Å². The zero-order chi connectivity index (χ0) is 22.0. The first kappa shape index (κ1) is 21.6. The van der Waals surface area contributed by atoms with Gasteiger partial charge >= 0.3 is 11.9 Å². The van der Waals surface area contributed by atoms with Crippen molar-refractivity contribution in [1.82, 2.24) is 15.2 Å². The highest BCUT2D eigenvalue weighted by atomic mass is 32.2. The molecule has 12 nitrogen and oxygen atoms in total. The maximum Gasteiger partial charge on any atom is 0.352 e. The first-order valence-electron chi connectivity index (χ1n) is 8.41. The van der Waals surface area contributed by atoms with Crippen molar-refractivity contribution in [1.29, 1.82) is 0 Å². The number of thioether (sulfide) groups is 1. The molecule has 30 heavy (non-hydrogen) atoms. The van der Waals surface area contributed by atoms with Gasteiger partial charge in [-0.3, -0.25) is 19.3 Å². The van der Waals surface area contributed by atoms with Gasteiger partial charge in [0.25, 0.3) is 11.8 Å². The smallest absolute Gasteiger partial charge is 0.352 e. The molecule has 4 N–H and O–H groups in total. The fourth-order valence-corrected chi connectivity index (χ4v) is 4.76. The molecule has 1 fully saturated rings. The number of β-lactam (4-membered cyclic amide) rings is 1. The van der Waals surface area contributed by atoms with Crippen LogP contribution in [0.1, 0.15) is 12.6 Å². The average Bonchev–Trinajstić information content (AvgIpc) is 3.13. The maximum absolute atomic E-state index is 12.7. The largest absolute Gasteiger partial charge is 0.477 e. The van der Waals surface area contributed by atoms with Crippen LogP contribution in [0.4, 0.5) is 5.13 Å². The van der Waals surface area contributed by atoms with Crippen molar-refractivity contribution in [3.8, 4) is 0 Å². The van der Waals surface area contributed by atoms with Crippen LogP contribution in [-0.2, 0) is 28.8 Å². The minimum Gasteiger partial charge on any atom is -0.477 e. The predicted octanol–water partition coefficient (Wildman–Crippen LogP) is -0.622. The van der Waals surface area contributed by atoms with E-state index in [1.165, 1.54) is 31.2 Å². The Morgan fingerprint density at radius 1 is 1.47 bits per heavy atom. The summed E-state index contributed by atoms with van der Waals surface area (Å²) in [7, 11) is 1.25. The van der Waals surface area contributed by atoms with E-state index in [1.807, 2.05) is 0 Å². The number of thiazole rings is 1. The van der Waals surface area contributed by atoms with Crippen molar-refractivity contribution in [2.75, 3.05) is 25.2 Å². The number of carboxylic acids is 1. The van der Waals surface area contributed by atoms with Crippen LogP contribution in [0, 0.1) is 0 Å². The summed E-state index contributed by atoms with van der Waals surface area (Å²) >= 11 is 2.35. The Morgan fingerprint density at radius 2 is 2.20 bits per heavy atom. The topological polar surface area (TPSA) is 174 Å². The molecule has 2 aliphatic heterocycles. The van der Waals surface area contributed by atoms with Crippen LogP contribution in [-0.4, -0.2) is 75.3 Å². The first-order chi connectivity index (χ1) is 14.2. The van der Waals surface area contributed by atoms with Crippen molar-refractivity contribution in [3.63, 3.8) is 0 Å². The van der Waals surface area contributed by atoms with E-state index < -0.39 is 35.2 Å². The first-order valence-corrected chi connectivity index (χ1v) is 10.3. The Hall–Kier alpha value is -3.13. The summed E-state index contributed by atoms with van der Waals surface area (Å²) in [4.78, 5) is 57.8. The monoisotopic (exact) mass is 455 g/mol. The average molecular weight is 455 g/mol. The fourth-order valence-electron chi connectivity index (χ4n) is 2.88. The van der Waals surface area contributed by atoms with Crippen molar-refractivity contribution in [2.24, 2.45) is 5.16 Å². The minimum absolute atomic E-state index is 0.165. The highest BCUT2D eigenvalue weighted by molar-refractivity contribution is 8.00. The predicted molar refractivity (Wildman–Crippen MR) is 106 cm³/mol. The number of anilines is 1. The van der Waals surface area contributed by atoms with Gasteiger partial charge in [-0.15, -0.1) is 23.1 Å². The van der Waals surface area contributed by atoms with Gasteiger partial charge in [0.15, 0.2) is 10.8 Å². The lowest BCUT2D eigenvalue weighted by atomic mass is 10.0. The summed E-state index contributed by atoms with van der Waals surface area (Å²) in [5.41, 5.74) is 5.67. The van der Waals surface area contributed by atoms with Gasteiger partial charge in [-0.25, -0.2) is 9.78 Å². The molecule has 1 aromatic heterocycles. The molecular weight excluding hydrogens is 438 g/mol. The van der Waals surface area contributed by atoms with E-state index in [-0.39, 0.29) is 34.6 Å². The standard InChI is InChI=1S/C16H17N5O7S2/c1-6(22)28-3-7-4-29-14-10(13(24)21(14)11(7)15(25)26)19-12(23)9(20-27-2)8-5-30-16(17)18-8/h5,10,14H,3-4H2,1-2H3,(H2,17,18)(H,19,23)(H,25,26)/b20-9-/t10-,14+/m1/s1. The molecule has 0 saturated carbocycles. The molecule has 2 amide bonds. The number of nitrogens with two attached hydrogens (primary N) is 1. The molecule has 0 spiro atoms. The Morgan fingerprint density at radius 3 is 2.77 bits per heavy atom. The molecule has 0 aliphatic carbocycles. The molecule has 160 valence electrons. The number of esters is 1. The molecule has 0 bridgehead atoms. The summed E-state index contributed by atoms with van der Waals surface area (Å²) in [6.45, 7) is 0.975. The second kappa shape index (κ2) is 8.71. The van der Waals surface area contributed by atoms with Gasteiger partial charge in [-0.1, -0.05) is 5.16 Å². The lowest BCUT2D eigenvalue weighted by Gasteiger charge is -2.49. The number of nitrogen functional groups attached to an aromatic ring is 1. The van der Waals surface area contributed by atoms with E-state index in [0.717, 1.165) is 16.2 Å². The summed E-state index contributed by atoms with van der Waals surface area (Å²) in [6, 6.07) is -0.967. The van der Waals surface area contributed by atoms with Crippen LogP contribution in [0.3, 0.4) is 0 Å². The minimum atomic E-state index is -1.32. The zero-order valence-corrected chi connectivity index (χ0v) is 17.4. The van der Waals surface area contributed by atoms with Gasteiger partial charge in [0, 0.05) is 23.6 Å². The summed E-state index contributed by atoms with van der Waals surface area (Å²) in [6.07, 6.45) is 0. The van der Waals surface area contributed by atoms with E-state index in [1.54, 1.807) is 0 Å². The number of rotatable bonds is 7. The highest BCUT2D eigenvalue weighted by Gasteiger charge is 2.54. The Balaban J connectivity index is 1.77. The van der Waals surface area contributed by atoms with E-state index in [4.69, 9.17) is 10.5 Å². The van der Waals surface area contributed by atoms with Crippen molar-refractivity contribution in [2.45, 2.75) is 18.3 Å². The summed E-state index contributed by atoms with van der Waals surface area (Å²) in [5.74, 6) is -2.98. The van der Waals surface area contributed by atoms with Crippen LogP contribution in [0.15, 0.2) is 21.8 Å². The number of amides is 2. The van der Waals surface area contributed by atoms with Crippen molar-refractivity contribution < 1.29 is 33.9 Å². The lowest BCUT2D eigenvalue weighted by molar-refractivity contribution is -0.150. The molecule has 3 rings (SSSR count). The molecule has 0 radical (unpaired) electrons. The number of aromatic nitrogens is 1. The molecule has 1 saturated heterocycles. The molecule has 14 heteroatoms. The van der Waals surface area contributed by atoms with E-state index in [2.05, 4.69) is 20.3 Å². The number of aliphatic carboxylic acids is 1. The third-order valence-corrected chi connectivity index (χ3v) is 6.16. The van der Waals surface area contributed by atoms with E-state index >= 15 is 0 Å². The van der Waals surface area contributed by atoms with Crippen molar-refractivity contribution >= 4 is 57.7 Å². The van der Waals surface area contributed by atoms with Gasteiger partial charge in [0.2, 0.25) is 0 Å². The quantitative estimate of drug-likeness (QED) is 0.208. The lowest BCUT2D eigenvalue weighted by Crippen LogP contribution is -2.71. The molecule has 0 aromatic carbocycles. The number of nitrogens with zero attached hydrogens (tertiary/aromatic N) is 3. The fraction of sp³-hybridized carbons (Fsp3) is 0.375. The van der Waals surface area contributed by atoms with Crippen LogP contribution >= 0.6 is 23.1 Å². The third-order valence-electron chi connectivity index (χ3n) is 4.15. The molecular formula is C16H17N5O7S2. The van der Waals surface area contributed by atoms with Crippen LogP contribution in [0.2, 0.25) is 0 Å². The van der Waals surface area contributed by atoms with Gasteiger partial charge in [0.1, 0.15) is 36.5 Å². The van der Waals surface area contributed by atoms with Crippen LogP contribution in [0.25, 0.3) is 0 Å². The van der Waals surface area contributed by atoms with Crippen molar-refractivity contribution in [3.05, 3.63) is 22.3 Å². The molecule has 0 unspecified atom stereocenters. The number of ether oxygens (including phenoxy) is 1. The second-order valence-corrected chi connectivity index (χ2v) is 8.09. The van der Waals surface area contributed by atoms with E-state index in [9.17, 15) is 24.3 Å². The summed E-state index contributed by atoms with van der Waals surface area (Å²) < 4.78 is 4.88. The zero-order valence-electron chi connectivity index (χ0n) is 15.8. The number of carboxylic acid groups (broad SMARTS) is 1. The number of hydrogen-bond acceptors (Lipinski definition) is 11. The summed E-state index contributed by atoms with van der Waals surface area (Å²) in [5, 5.41) is 16.9. The Bertz CT molecular complexity index is 973. The molecule has 3 heterocycles. The molecule has 2 aliphatic rings. The van der Waals surface area contributed by atoms with Gasteiger partial charge in [-0.05, 0) is 0 Å². The Labute approximate surface area is 178 Å². The number of carbonyl (C=O) groups is 4. The number of nitrogens with one attached hydrogen (secondary N) is 1. The number of hydrogen-bond donors (Lipinski definition) is 3. The van der Waals surface area contributed by atoms with Gasteiger partial charge in [-0.2, -0.15) is 0 Å². The molecule has 2 atom stereocenters. The normalized spacial score (nSPS) is 20.9. The number of oxime groups is 1. The second-order valence-electron chi connectivity index (χ2n) is 6.09. The Kier molecular flexibility index (Phi) is 6.26. The molecule has 1 aromatic rings. The van der Waals surface area contributed by atoms with Crippen LogP contribution < -0.4 is 11.1 Å². The SMILES string of the molecule is CO/N=C(\C(=O)N[C@@H]1C(=O)N2C(C(=O)O)=C(COC(C)=O)CS[C@@H]12)c1csc(N)n1.